The summed E-state index contributed by atoms with van der Waals surface area (Å²) in [4.78, 5) is 17.9. The third-order valence-corrected chi connectivity index (χ3v) is 6.35. The van der Waals surface area contributed by atoms with E-state index in [0.29, 0.717) is 30.4 Å². The van der Waals surface area contributed by atoms with Crippen molar-refractivity contribution in [2.45, 2.75) is 30.7 Å². The van der Waals surface area contributed by atoms with E-state index in [0.717, 1.165) is 10.9 Å². The smallest absolute Gasteiger partial charge is 0.222 e. The number of likely N-dealkylation sites (N-methyl/N-ethyl adjacent to an activating group) is 1. The minimum absolute atomic E-state index is 0. The number of sulfone groups is 1. The first-order chi connectivity index (χ1) is 12.3. The van der Waals surface area contributed by atoms with Gasteiger partial charge in [0, 0.05) is 37.1 Å². The standard InChI is InChI=1S/C17H25BrN4O3S.HI/c1-3-19-17(21-14-6-9-16(23)22(2)12-14)20-10-11-26(24,25)15-7-4-13(18)5-8-15;/h4-5,7-8,14H,3,6,9-12H2,1-2H3,(H2,19,20,21);1H. The van der Waals surface area contributed by atoms with E-state index in [4.69, 9.17) is 0 Å². The first-order valence-corrected chi connectivity index (χ1v) is 11.0. The van der Waals surface area contributed by atoms with Gasteiger partial charge in [-0.25, -0.2) is 8.42 Å². The number of hydrogen-bond donors (Lipinski definition) is 2. The summed E-state index contributed by atoms with van der Waals surface area (Å²) in [5.41, 5.74) is 0. The van der Waals surface area contributed by atoms with Crippen LogP contribution in [0.1, 0.15) is 19.8 Å². The number of likely N-dealkylation sites (tertiary alicyclic amines) is 1. The quantitative estimate of drug-likeness (QED) is 0.309. The zero-order valence-electron chi connectivity index (χ0n) is 15.4. The van der Waals surface area contributed by atoms with E-state index in [-0.39, 0.29) is 48.2 Å². The third-order valence-electron chi connectivity index (χ3n) is 4.11. The number of nitrogens with one attached hydrogen (secondary N) is 2. The Morgan fingerprint density at radius 3 is 2.59 bits per heavy atom. The fourth-order valence-electron chi connectivity index (χ4n) is 2.68. The van der Waals surface area contributed by atoms with E-state index in [1.54, 1.807) is 36.2 Å². The van der Waals surface area contributed by atoms with E-state index in [9.17, 15) is 13.2 Å². The normalized spacial score (nSPS) is 18.0. The number of amides is 1. The molecule has 1 aromatic carbocycles. The first kappa shape index (κ1) is 24.2. The molecule has 1 fully saturated rings. The number of halogens is 2. The number of carbonyl (C=O) groups is 1. The maximum Gasteiger partial charge on any atom is 0.222 e. The minimum Gasteiger partial charge on any atom is -0.357 e. The molecule has 2 N–H and O–H groups in total. The number of benzene rings is 1. The number of rotatable bonds is 6. The number of piperidine rings is 1. The monoisotopic (exact) mass is 572 g/mol. The Kier molecular flexibility index (Phi) is 10.0. The van der Waals surface area contributed by atoms with Gasteiger partial charge in [-0.15, -0.1) is 24.0 Å². The lowest BCUT2D eigenvalue weighted by Gasteiger charge is -2.31. The maximum atomic E-state index is 12.4. The Balaban J connectivity index is 0.00000364. The molecule has 0 radical (unpaired) electrons. The minimum atomic E-state index is -3.37. The van der Waals surface area contributed by atoms with Gasteiger partial charge in [0.15, 0.2) is 15.8 Å². The lowest BCUT2D eigenvalue weighted by Crippen LogP contribution is -2.51. The lowest BCUT2D eigenvalue weighted by atomic mass is 10.1. The van der Waals surface area contributed by atoms with Crippen molar-refractivity contribution in [1.82, 2.24) is 15.5 Å². The molecule has 1 unspecified atom stereocenters. The molecule has 0 bridgehead atoms. The van der Waals surface area contributed by atoms with Crippen LogP contribution < -0.4 is 10.6 Å². The number of aliphatic imine (C=N–C) groups is 1. The van der Waals surface area contributed by atoms with Crippen molar-refractivity contribution in [3.8, 4) is 0 Å². The van der Waals surface area contributed by atoms with E-state index in [1.807, 2.05) is 6.92 Å². The van der Waals surface area contributed by atoms with Crippen molar-refractivity contribution in [2.24, 2.45) is 4.99 Å². The summed E-state index contributed by atoms with van der Waals surface area (Å²) >= 11 is 3.30. The van der Waals surface area contributed by atoms with Crippen LogP contribution in [-0.4, -0.2) is 63.7 Å². The largest absolute Gasteiger partial charge is 0.357 e. The highest BCUT2D eigenvalue weighted by atomic mass is 127. The van der Waals surface area contributed by atoms with Crippen LogP contribution in [0.2, 0.25) is 0 Å². The Morgan fingerprint density at radius 1 is 1.33 bits per heavy atom. The summed E-state index contributed by atoms with van der Waals surface area (Å²) in [7, 11) is -1.59. The predicted molar refractivity (Wildman–Crippen MR) is 121 cm³/mol. The van der Waals surface area contributed by atoms with Crippen LogP contribution in [0.3, 0.4) is 0 Å². The fourth-order valence-corrected chi connectivity index (χ4v) is 4.06. The van der Waals surface area contributed by atoms with E-state index in [2.05, 4.69) is 31.6 Å². The highest BCUT2D eigenvalue weighted by molar-refractivity contribution is 14.0. The van der Waals surface area contributed by atoms with Crippen LogP contribution in [0.5, 0.6) is 0 Å². The lowest BCUT2D eigenvalue weighted by molar-refractivity contribution is -0.132. The summed E-state index contributed by atoms with van der Waals surface area (Å²) in [6.45, 7) is 3.40. The molecule has 1 amide bonds. The van der Waals surface area contributed by atoms with Gasteiger partial charge in [-0.1, -0.05) is 15.9 Å². The zero-order valence-corrected chi connectivity index (χ0v) is 20.2. The number of carbonyl (C=O) groups excluding carboxylic acids is 1. The molecule has 2 rings (SSSR count). The molecule has 0 aromatic heterocycles. The molecule has 1 saturated heterocycles. The molecule has 1 aliphatic heterocycles. The predicted octanol–water partition coefficient (Wildman–Crippen LogP) is 2.02. The molecule has 10 heteroatoms. The molecule has 7 nitrogen and oxygen atoms in total. The van der Waals surface area contributed by atoms with Gasteiger partial charge in [-0.05, 0) is 37.6 Å². The summed E-state index contributed by atoms with van der Waals surface area (Å²) in [6.07, 6.45) is 1.25. The third kappa shape index (κ3) is 7.57. The molecular weight excluding hydrogens is 547 g/mol. The molecule has 152 valence electrons. The van der Waals surface area contributed by atoms with E-state index in [1.165, 1.54) is 0 Å². The SMILES string of the molecule is CCNC(=NCCS(=O)(=O)c1ccc(Br)cc1)NC1CCC(=O)N(C)C1.I. The van der Waals surface area contributed by atoms with Gasteiger partial charge >= 0.3 is 0 Å². The zero-order chi connectivity index (χ0) is 19.2. The van der Waals surface area contributed by atoms with Gasteiger partial charge in [0.1, 0.15) is 0 Å². The van der Waals surface area contributed by atoms with Crippen molar-refractivity contribution >= 4 is 61.6 Å². The summed E-state index contributed by atoms with van der Waals surface area (Å²) in [6, 6.07) is 6.70. The van der Waals surface area contributed by atoms with Gasteiger partial charge < -0.3 is 15.5 Å². The molecule has 0 spiro atoms. The molecule has 1 heterocycles. The Labute approximate surface area is 186 Å². The first-order valence-electron chi connectivity index (χ1n) is 8.59. The number of nitrogens with zero attached hydrogens (tertiary/aromatic N) is 2. The highest BCUT2D eigenvalue weighted by Crippen LogP contribution is 2.16. The maximum absolute atomic E-state index is 12.4. The molecule has 1 aromatic rings. The van der Waals surface area contributed by atoms with Crippen molar-refractivity contribution in [3.05, 3.63) is 28.7 Å². The Morgan fingerprint density at radius 2 is 2.00 bits per heavy atom. The van der Waals surface area contributed by atoms with Crippen LogP contribution in [0, 0.1) is 0 Å². The molecule has 1 atom stereocenters. The van der Waals surface area contributed by atoms with Crippen LogP contribution in [-0.2, 0) is 14.6 Å². The molecule has 1 aliphatic rings. The van der Waals surface area contributed by atoms with Crippen LogP contribution in [0.25, 0.3) is 0 Å². The molecule has 0 aliphatic carbocycles. The average Bonchev–Trinajstić information content (AvgIpc) is 2.58. The van der Waals surface area contributed by atoms with Crippen molar-refractivity contribution in [3.63, 3.8) is 0 Å². The van der Waals surface area contributed by atoms with Crippen molar-refractivity contribution in [2.75, 3.05) is 32.4 Å². The fraction of sp³-hybridized carbons (Fsp3) is 0.529. The number of hydrogen-bond acceptors (Lipinski definition) is 4. The van der Waals surface area contributed by atoms with Gasteiger partial charge in [0.05, 0.1) is 17.2 Å². The number of guanidine groups is 1. The molecular formula is C17H26BrIN4O3S. The highest BCUT2D eigenvalue weighted by Gasteiger charge is 2.23. The second-order valence-electron chi connectivity index (χ2n) is 6.19. The molecule has 0 saturated carbocycles. The van der Waals surface area contributed by atoms with Crippen LogP contribution in [0.4, 0.5) is 0 Å². The Bertz CT molecular complexity index is 756. The van der Waals surface area contributed by atoms with Gasteiger partial charge in [-0.3, -0.25) is 9.79 Å². The summed E-state index contributed by atoms with van der Waals surface area (Å²) in [5.74, 6) is 0.658. The van der Waals surface area contributed by atoms with Crippen molar-refractivity contribution in [1.29, 1.82) is 0 Å². The van der Waals surface area contributed by atoms with Crippen LogP contribution >= 0.6 is 39.9 Å². The topological polar surface area (TPSA) is 90.9 Å². The summed E-state index contributed by atoms with van der Waals surface area (Å²) in [5, 5.41) is 6.41. The second-order valence-corrected chi connectivity index (χ2v) is 9.21. The van der Waals surface area contributed by atoms with Gasteiger partial charge in [0.2, 0.25) is 5.91 Å². The van der Waals surface area contributed by atoms with Gasteiger partial charge in [0.25, 0.3) is 0 Å². The second kappa shape index (κ2) is 11.2. The Hall–Kier alpha value is -0.880. The van der Waals surface area contributed by atoms with Crippen LogP contribution in [0.15, 0.2) is 38.6 Å². The van der Waals surface area contributed by atoms with Crippen molar-refractivity contribution < 1.29 is 13.2 Å². The average molecular weight is 573 g/mol. The van der Waals surface area contributed by atoms with E-state index < -0.39 is 9.84 Å². The summed E-state index contributed by atoms with van der Waals surface area (Å²) < 4.78 is 25.6. The van der Waals surface area contributed by atoms with Gasteiger partial charge in [-0.2, -0.15) is 0 Å². The molecule has 27 heavy (non-hydrogen) atoms. The van der Waals surface area contributed by atoms with E-state index >= 15 is 0 Å².